The molecule has 4 rings (SSSR count). The Kier molecular flexibility index (Phi) is 7.46. The molecule has 2 aromatic carbocycles. The van der Waals surface area contributed by atoms with E-state index in [9.17, 15) is 4.79 Å². The molecule has 1 aromatic heterocycles. The summed E-state index contributed by atoms with van der Waals surface area (Å²) < 4.78 is 0. The highest BCUT2D eigenvalue weighted by molar-refractivity contribution is 6.33. The van der Waals surface area contributed by atoms with Gasteiger partial charge in [0.25, 0.3) is 5.91 Å². The van der Waals surface area contributed by atoms with Gasteiger partial charge in [-0.1, -0.05) is 62.7 Å². The third-order valence-corrected chi connectivity index (χ3v) is 6.83. The van der Waals surface area contributed by atoms with Gasteiger partial charge in [-0.2, -0.15) is 0 Å². The minimum Gasteiger partial charge on any atom is -0.341 e. The zero-order chi connectivity index (χ0) is 25.2. The maximum atomic E-state index is 14.1. The van der Waals surface area contributed by atoms with Crippen molar-refractivity contribution < 1.29 is 4.79 Å². The first kappa shape index (κ1) is 25.2. The number of anilines is 2. The molecule has 0 saturated carbocycles. The lowest BCUT2D eigenvalue weighted by atomic mass is 9.87. The van der Waals surface area contributed by atoms with Crippen LogP contribution in [0.3, 0.4) is 0 Å². The first-order valence-electron chi connectivity index (χ1n) is 12.5. The Hall–Kier alpha value is -2.92. The van der Waals surface area contributed by atoms with Crippen LogP contribution >= 0.6 is 11.6 Å². The average Bonchev–Trinajstić information content (AvgIpc) is 2.84. The number of hydrogen-bond donors (Lipinski definition) is 0. The zero-order valence-corrected chi connectivity index (χ0v) is 22.1. The summed E-state index contributed by atoms with van der Waals surface area (Å²) in [6.07, 6.45) is 5.15. The Morgan fingerprint density at radius 2 is 1.74 bits per heavy atom. The van der Waals surface area contributed by atoms with Crippen molar-refractivity contribution in [2.45, 2.75) is 65.3 Å². The van der Waals surface area contributed by atoms with Crippen molar-refractivity contribution in [1.29, 1.82) is 0 Å². The Morgan fingerprint density at radius 3 is 2.40 bits per heavy atom. The number of amides is 1. The number of aromatic nitrogens is 2. The highest BCUT2D eigenvalue weighted by Gasteiger charge is 2.28. The van der Waals surface area contributed by atoms with E-state index in [0.29, 0.717) is 22.2 Å². The second kappa shape index (κ2) is 10.4. The lowest BCUT2D eigenvalue weighted by molar-refractivity contribution is 0.0980. The maximum absolute atomic E-state index is 14.1. The fourth-order valence-corrected chi connectivity index (χ4v) is 4.76. The predicted molar refractivity (Wildman–Crippen MR) is 146 cm³/mol. The second-order valence-corrected chi connectivity index (χ2v) is 10.9. The fraction of sp³-hybridized carbons (Fsp3) is 0.414. The number of piperidine rings is 1. The molecule has 1 amide bonds. The SMILES string of the molecule is CC(C)N(C(=O)c1cnc(N2CCCCC2)nc1-c1ccccc1Cl)c1cccc(C(C)(C)C)c1. The summed E-state index contributed by atoms with van der Waals surface area (Å²) in [4.78, 5) is 27.7. The van der Waals surface area contributed by atoms with Crippen LogP contribution in [0, 0.1) is 0 Å². The van der Waals surface area contributed by atoms with E-state index in [1.807, 2.05) is 55.1 Å². The molecule has 1 aliphatic rings. The standard InChI is InChI=1S/C29H35ClN4O/c1-20(2)34(22-13-11-12-21(18-22)29(3,4)5)27(35)24-19-31-28(33-16-9-6-10-17-33)32-26(24)23-14-7-8-15-25(23)30/h7-8,11-15,18-20H,6,9-10,16-17H2,1-5H3. The molecular formula is C29H35ClN4O. The van der Waals surface area contributed by atoms with Crippen LogP contribution in [-0.4, -0.2) is 35.0 Å². The molecule has 0 aliphatic carbocycles. The van der Waals surface area contributed by atoms with Gasteiger partial charge in [0.1, 0.15) is 0 Å². The molecule has 0 N–H and O–H groups in total. The van der Waals surface area contributed by atoms with Crippen LogP contribution in [0.25, 0.3) is 11.3 Å². The molecule has 0 radical (unpaired) electrons. The molecule has 0 bridgehead atoms. The minimum atomic E-state index is -0.133. The molecule has 0 atom stereocenters. The van der Waals surface area contributed by atoms with Gasteiger partial charge in [0.15, 0.2) is 0 Å². The Balaban J connectivity index is 1.82. The molecule has 184 valence electrons. The van der Waals surface area contributed by atoms with Gasteiger partial charge < -0.3 is 9.80 Å². The third-order valence-electron chi connectivity index (χ3n) is 6.50. The number of carbonyl (C=O) groups is 1. The Labute approximate surface area is 214 Å². The molecule has 35 heavy (non-hydrogen) atoms. The second-order valence-electron chi connectivity index (χ2n) is 10.5. The predicted octanol–water partition coefficient (Wildman–Crippen LogP) is 7.14. The largest absolute Gasteiger partial charge is 0.341 e. The van der Waals surface area contributed by atoms with E-state index in [2.05, 4.69) is 42.8 Å². The fourth-order valence-electron chi connectivity index (χ4n) is 4.54. The van der Waals surface area contributed by atoms with Crippen LogP contribution in [0.2, 0.25) is 5.02 Å². The molecule has 1 saturated heterocycles. The molecule has 5 nitrogen and oxygen atoms in total. The van der Waals surface area contributed by atoms with Crippen LogP contribution in [0.15, 0.2) is 54.7 Å². The van der Waals surface area contributed by atoms with Gasteiger partial charge in [-0.15, -0.1) is 0 Å². The number of halogens is 1. The lowest BCUT2D eigenvalue weighted by Crippen LogP contribution is -2.38. The van der Waals surface area contributed by atoms with Gasteiger partial charge in [-0.25, -0.2) is 9.97 Å². The van der Waals surface area contributed by atoms with E-state index in [4.69, 9.17) is 16.6 Å². The lowest BCUT2D eigenvalue weighted by Gasteiger charge is -2.30. The average molecular weight is 491 g/mol. The quantitative estimate of drug-likeness (QED) is 0.381. The van der Waals surface area contributed by atoms with Crippen molar-refractivity contribution in [3.8, 4) is 11.3 Å². The molecule has 6 heteroatoms. The third kappa shape index (κ3) is 5.51. The number of nitrogens with zero attached hydrogens (tertiary/aromatic N) is 4. The van der Waals surface area contributed by atoms with E-state index >= 15 is 0 Å². The molecule has 1 fully saturated rings. The van der Waals surface area contributed by atoms with E-state index in [0.717, 1.165) is 37.2 Å². The first-order valence-corrected chi connectivity index (χ1v) is 12.9. The highest BCUT2D eigenvalue weighted by Crippen LogP contribution is 2.33. The van der Waals surface area contributed by atoms with E-state index < -0.39 is 0 Å². The molecular weight excluding hydrogens is 456 g/mol. The summed E-state index contributed by atoms with van der Waals surface area (Å²) in [7, 11) is 0. The smallest absolute Gasteiger partial charge is 0.262 e. The summed E-state index contributed by atoms with van der Waals surface area (Å²) in [5, 5.41) is 0.565. The van der Waals surface area contributed by atoms with Crippen LogP contribution in [0.1, 0.15) is 69.8 Å². The van der Waals surface area contributed by atoms with Crippen molar-refractivity contribution in [2.75, 3.05) is 22.9 Å². The van der Waals surface area contributed by atoms with E-state index in [1.54, 1.807) is 6.20 Å². The number of benzene rings is 2. The Bertz CT molecular complexity index is 1200. The van der Waals surface area contributed by atoms with Crippen molar-refractivity contribution >= 4 is 29.1 Å². The summed E-state index contributed by atoms with van der Waals surface area (Å²) >= 11 is 6.60. The number of hydrogen-bond acceptors (Lipinski definition) is 4. The molecule has 2 heterocycles. The van der Waals surface area contributed by atoms with Crippen LogP contribution in [0.5, 0.6) is 0 Å². The molecule has 0 spiro atoms. The van der Waals surface area contributed by atoms with E-state index in [1.165, 1.54) is 12.0 Å². The summed E-state index contributed by atoms with van der Waals surface area (Å²) in [5.41, 5.74) is 3.79. The van der Waals surface area contributed by atoms with Crippen molar-refractivity contribution in [3.63, 3.8) is 0 Å². The first-order chi connectivity index (χ1) is 16.7. The van der Waals surface area contributed by atoms with Crippen molar-refractivity contribution in [2.24, 2.45) is 0 Å². The van der Waals surface area contributed by atoms with Crippen molar-refractivity contribution in [3.05, 3.63) is 70.9 Å². The van der Waals surface area contributed by atoms with Gasteiger partial charge in [0.2, 0.25) is 5.95 Å². The molecule has 0 unspecified atom stereocenters. The van der Waals surface area contributed by atoms with E-state index in [-0.39, 0.29) is 17.4 Å². The van der Waals surface area contributed by atoms with Gasteiger partial charge in [0.05, 0.1) is 11.3 Å². The monoisotopic (exact) mass is 490 g/mol. The van der Waals surface area contributed by atoms with Gasteiger partial charge in [0, 0.05) is 41.6 Å². The van der Waals surface area contributed by atoms with Gasteiger partial charge in [-0.3, -0.25) is 4.79 Å². The summed E-state index contributed by atoms with van der Waals surface area (Å²) in [6, 6.07) is 15.7. The van der Waals surface area contributed by atoms with Gasteiger partial charge in [-0.05, 0) is 62.3 Å². The zero-order valence-electron chi connectivity index (χ0n) is 21.4. The minimum absolute atomic E-state index is 0.0242. The maximum Gasteiger partial charge on any atom is 0.262 e. The highest BCUT2D eigenvalue weighted by atomic mass is 35.5. The van der Waals surface area contributed by atoms with Crippen molar-refractivity contribution in [1.82, 2.24) is 9.97 Å². The van der Waals surface area contributed by atoms with Crippen LogP contribution < -0.4 is 9.80 Å². The normalized spacial score (nSPS) is 14.3. The number of carbonyl (C=O) groups excluding carboxylic acids is 1. The Morgan fingerprint density at radius 1 is 1.03 bits per heavy atom. The summed E-state index contributed by atoms with van der Waals surface area (Å²) in [6.45, 7) is 12.4. The summed E-state index contributed by atoms with van der Waals surface area (Å²) in [5.74, 6) is 0.521. The number of rotatable bonds is 5. The van der Waals surface area contributed by atoms with Gasteiger partial charge >= 0.3 is 0 Å². The molecule has 1 aliphatic heterocycles. The van der Waals surface area contributed by atoms with Crippen LogP contribution in [0.4, 0.5) is 11.6 Å². The molecule has 3 aromatic rings. The van der Waals surface area contributed by atoms with Crippen LogP contribution in [-0.2, 0) is 5.41 Å². The topological polar surface area (TPSA) is 49.3 Å².